The van der Waals surface area contributed by atoms with Crippen LogP contribution in [-0.2, 0) is 5.41 Å². The fourth-order valence-electron chi connectivity index (χ4n) is 1.29. The predicted octanol–water partition coefficient (Wildman–Crippen LogP) is 3.00. The van der Waals surface area contributed by atoms with Crippen LogP contribution >= 0.6 is 0 Å². The van der Waals surface area contributed by atoms with E-state index in [1.54, 1.807) is 0 Å². The van der Waals surface area contributed by atoms with Crippen LogP contribution < -0.4 is 5.73 Å². The van der Waals surface area contributed by atoms with Gasteiger partial charge in [0.15, 0.2) is 0 Å². The van der Waals surface area contributed by atoms with Gasteiger partial charge in [0.25, 0.3) is 0 Å². The Morgan fingerprint density at radius 2 is 1.85 bits per heavy atom. The third-order valence-corrected chi connectivity index (χ3v) is 2.28. The summed E-state index contributed by atoms with van der Waals surface area (Å²) in [6, 6.07) is 8.65. The van der Waals surface area contributed by atoms with Gasteiger partial charge in [0.1, 0.15) is 0 Å². The number of rotatable bonds is 1. The van der Waals surface area contributed by atoms with Crippen LogP contribution in [0.15, 0.2) is 24.3 Å². The first-order chi connectivity index (χ1) is 5.91. The summed E-state index contributed by atoms with van der Waals surface area (Å²) in [5.41, 5.74) is 8.60. The fourth-order valence-corrected chi connectivity index (χ4v) is 1.29. The van der Waals surface area contributed by atoms with Gasteiger partial charge in [-0.15, -0.1) is 0 Å². The largest absolute Gasteiger partial charge is 0.324 e. The summed E-state index contributed by atoms with van der Waals surface area (Å²) in [6.45, 7) is 8.66. The molecular weight excluding hydrogens is 158 g/mol. The zero-order valence-corrected chi connectivity index (χ0v) is 8.96. The van der Waals surface area contributed by atoms with Crippen molar-refractivity contribution in [3.8, 4) is 0 Å². The van der Waals surface area contributed by atoms with E-state index in [1.807, 2.05) is 6.92 Å². The van der Waals surface area contributed by atoms with Gasteiger partial charge in [0.2, 0.25) is 0 Å². The van der Waals surface area contributed by atoms with Crippen molar-refractivity contribution in [2.45, 2.75) is 39.2 Å². The Balaban J connectivity index is 3.06. The van der Waals surface area contributed by atoms with Crippen molar-refractivity contribution in [1.82, 2.24) is 0 Å². The number of nitrogens with two attached hydrogens (primary N) is 1. The van der Waals surface area contributed by atoms with E-state index in [2.05, 4.69) is 45.0 Å². The fraction of sp³-hybridized carbons (Fsp3) is 0.500. The molecule has 0 aliphatic heterocycles. The lowest BCUT2D eigenvalue weighted by molar-refractivity contribution is 0.588. The highest BCUT2D eigenvalue weighted by atomic mass is 14.6. The molecule has 0 saturated heterocycles. The minimum absolute atomic E-state index is 0.127. The maximum absolute atomic E-state index is 5.83. The molecule has 0 aliphatic carbocycles. The van der Waals surface area contributed by atoms with Crippen molar-refractivity contribution in [1.29, 1.82) is 0 Å². The van der Waals surface area contributed by atoms with Crippen molar-refractivity contribution < 1.29 is 0 Å². The highest BCUT2D eigenvalue weighted by Crippen LogP contribution is 2.24. The van der Waals surface area contributed by atoms with E-state index in [4.69, 9.17) is 5.73 Å². The minimum Gasteiger partial charge on any atom is -0.324 e. The second kappa shape index (κ2) is 3.51. The van der Waals surface area contributed by atoms with Crippen LogP contribution in [0.2, 0.25) is 0 Å². The molecule has 1 aromatic carbocycles. The second-order valence-electron chi connectivity index (χ2n) is 4.66. The monoisotopic (exact) mass is 177 g/mol. The first-order valence-electron chi connectivity index (χ1n) is 4.77. The third-order valence-electron chi connectivity index (χ3n) is 2.28. The SMILES string of the molecule is C[C@@H](N)c1cccc(C(C)(C)C)c1. The zero-order valence-electron chi connectivity index (χ0n) is 8.96. The number of hydrogen-bond donors (Lipinski definition) is 1. The van der Waals surface area contributed by atoms with Crippen LogP contribution in [0.4, 0.5) is 0 Å². The lowest BCUT2D eigenvalue weighted by atomic mass is 9.85. The molecule has 13 heavy (non-hydrogen) atoms. The molecule has 0 aromatic heterocycles. The Hall–Kier alpha value is -0.820. The molecule has 1 aromatic rings. The van der Waals surface area contributed by atoms with Gasteiger partial charge in [-0.25, -0.2) is 0 Å². The highest BCUT2D eigenvalue weighted by Gasteiger charge is 2.13. The van der Waals surface area contributed by atoms with Crippen LogP contribution in [0, 0.1) is 0 Å². The average molecular weight is 177 g/mol. The summed E-state index contributed by atoms with van der Waals surface area (Å²) in [5, 5.41) is 0. The van der Waals surface area contributed by atoms with E-state index in [0.717, 1.165) is 0 Å². The van der Waals surface area contributed by atoms with Crippen LogP contribution in [-0.4, -0.2) is 0 Å². The van der Waals surface area contributed by atoms with Crippen molar-refractivity contribution in [2.24, 2.45) is 5.73 Å². The molecule has 0 saturated carbocycles. The van der Waals surface area contributed by atoms with E-state index in [-0.39, 0.29) is 11.5 Å². The van der Waals surface area contributed by atoms with Gasteiger partial charge in [-0.1, -0.05) is 45.0 Å². The molecule has 0 unspecified atom stereocenters. The Labute approximate surface area is 81.0 Å². The molecule has 0 amide bonds. The minimum atomic E-state index is 0.127. The van der Waals surface area contributed by atoms with Gasteiger partial charge in [-0.3, -0.25) is 0 Å². The Kier molecular flexibility index (Phi) is 2.77. The molecular formula is C12H19N. The highest BCUT2D eigenvalue weighted by molar-refractivity contribution is 5.29. The summed E-state index contributed by atoms with van der Waals surface area (Å²) < 4.78 is 0. The quantitative estimate of drug-likeness (QED) is 0.701. The topological polar surface area (TPSA) is 26.0 Å². The Morgan fingerprint density at radius 1 is 1.23 bits per heavy atom. The molecule has 0 aliphatic rings. The Morgan fingerprint density at radius 3 is 2.31 bits per heavy atom. The van der Waals surface area contributed by atoms with Crippen LogP contribution in [0.5, 0.6) is 0 Å². The van der Waals surface area contributed by atoms with E-state index in [0.29, 0.717) is 0 Å². The van der Waals surface area contributed by atoms with Crippen molar-refractivity contribution in [3.63, 3.8) is 0 Å². The summed E-state index contributed by atoms with van der Waals surface area (Å²) in [6.07, 6.45) is 0. The smallest absolute Gasteiger partial charge is 0.0266 e. The molecule has 0 heterocycles. The summed E-state index contributed by atoms with van der Waals surface area (Å²) in [5.74, 6) is 0. The third kappa shape index (κ3) is 2.56. The molecule has 0 bridgehead atoms. The summed E-state index contributed by atoms with van der Waals surface area (Å²) in [7, 11) is 0. The van der Waals surface area contributed by atoms with Crippen LogP contribution in [0.3, 0.4) is 0 Å². The summed E-state index contributed by atoms with van der Waals surface area (Å²) >= 11 is 0. The first-order valence-corrected chi connectivity index (χ1v) is 4.77. The zero-order chi connectivity index (χ0) is 10.1. The molecule has 1 rings (SSSR count). The van der Waals surface area contributed by atoms with Crippen molar-refractivity contribution in [2.75, 3.05) is 0 Å². The number of hydrogen-bond acceptors (Lipinski definition) is 1. The molecule has 1 nitrogen and oxygen atoms in total. The predicted molar refractivity (Wildman–Crippen MR) is 57.7 cm³/mol. The molecule has 0 spiro atoms. The van der Waals surface area contributed by atoms with Gasteiger partial charge < -0.3 is 5.73 Å². The molecule has 1 atom stereocenters. The normalized spacial score (nSPS) is 14.2. The maximum Gasteiger partial charge on any atom is 0.0266 e. The van der Waals surface area contributed by atoms with E-state index in [9.17, 15) is 0 Å². The van der Waals surface area contributed by atoms with Gasteiger partial charge in [-0.2, -0.15) is 0 Å². The van der Waals surface area contributed by atoms with Crippen LogP contribution in [0.1, 0.15) is 44.9 Å². The molecule has 2 N–H and O–H groups in total. The van der Waals surface area contributed by atoms with Crippen molar-refractivity contribution >= 4 is 0 Å². The molecule has 1 heteroatoms. The van der Waals surface area contributed by atoms with Gasteiger partial charge >= 0.3 is 0 Å². The van der Waals surface area contributed by atoms with Crippen LogP contribution in [0.25, 0.3) is 0 Å². The maximum atomic E-state index is 5.83. The van der Waals surface area contributed by atoms with Gasteiger partial charge in [0.05, 0.1) is 0 Å². The standard InChI is InChI=1S/C12H19N/c1-9(13)10-6-5-7-11(8-10)12(2,3)4/h5-9H,13H2,1-4H3/t9-/m1/s1. The van der Waals surface area contributed by atoms with Gasteiger partial charge in [0, 0.05) is 6.04 Å². The number of benzene rings is 1. The lowest BCUT2D eigenvalue weighted by Crippen LogP contribution is -2.13. The van der Waals surface area contributed by atoms with E-state index >= 15 is 0 Å². The molecule has 0 radical (unpaired) electrons. The lowest BCUT2D eigenvalue weighted by Gasteiger charge is -2.20. The van der Waals surface area contributed by atoms with E-state index in [1.165, 1.54) is 11.1 Å². The van der Waals surface area contributed by atoms with Gasteiger partial charge in [-0.05, 0) is 23.5 Å². The molecule has 72 valence electrons. The van der Waals surface area contributed by atoms with Crippen molar-refractivity contribution in [3.05, 3.63) is 35.4 Å². The summed E-state index contributed by atoms with van der Waals surface area (Å²) in [4.78, 5) is 0. The second-order valence-corrected chi connectivity index (χ2v) is 4.66. The first kappa shape index (κ1) is 10.3. The van der Waals surface area contributed by atoms with E-state index < -0.39 is 0 Å². The Bertz CT molecular complexity index is 281. The molecule has 0 fully saturated rings. The average Bonchev–Trinajstić information content (AvgIpc) is 2.03.